The summed E-state index contributed by atoms with van der Waals surface area (Å²) in [5.41, 5.74) is 6.38. The van der Waals surface area contributed by atoms with Gasteiger partial charge in [0.05, 0.1) is 6.54 Å². The Bertz CT molecular complexity index is 528. The zero-order chi connectivity index (χ0) is 15.8. The molecule has 22 heavy (non-hydrogen) atoms. The molecule has 1 aromatic heterocycles. The van der Waals surface area contributed by atoms with Crippen LogP contribution in [0.3, 0.4) is 0 Å². The van der Waals surface area contributed by atoms with Crippen LogP contribution in [-0.4, -0.2) is 49.6 Å². The Labute approximate surface area is 134 Å². The Morgan fingerprint density at radius 2 is 2.41 bits per heavy atom. The smallest absolute Gasteiger partial charge is 0.236 e. The molecule has 1 fully saturated rings. The highest BCUT2D eigenvalue weighted by Crippen LogP contribution is 2.17. The van der Waals surface area contributed by atoms with Crippen molar-refractivity contribution in [1.82, 2.24) is 4.90 Å². The first-order valence-corrected chi connectivity index (χ1v) is 8.34. The molecule has 2 N–H and O–H groups in total. The summed E-state index contributed by atoms with van der Waals surface area (Å²) in [6.07, 6.45) is 4.82. The van der Waals surface area contributed by atoms with Crippen LogP contribution in [0.5, 0.6) is 0 Å². The van der Waals surface area contributed by atoms with Crippen LogP contribution in [0, 0.1) is 5.92 Å². The van der Waals surface area contributed by atoms with E-state index in [4.69, 9.17) is 10.6 Å². The first-order valence-electron chi connectivity index (χ1n) is 7.40. The molecule has 0 spiro atoms. The van der Waals surface area contributed by atoms with Gasteiger partial charge in [0.15, 0.2) is 5.84 Å². The molecule has 1 unspecified atom stereocenters. The van der Waals surface area contributed by atoms with Crippen molar-refractivity contribution < 1.29 is 9.63 Å². The monoisotopic (exact) mass is 322 g/mol. The first-order chi connectivity index (χ1) is 10.7. The minimum Gasteiger partial charge on any atom is -0.397 e. The van der Waals surface area contributed by atoms with Crippen LogP contribution in [0.15, 0.2) is 27.0 Å². The number of oxime groups is 1. The molecule has 2 rings (SSSR count). The highest BCUT2D eigenvalue weighted by atomic mass is 32.1. The van der Waals surface area contributed by atoms with Gasteiger partial charge < -0.3 is 15.5 Å². The van der Waals surface area contributed by atoms with Crippen molar-refractivity contribution in [2.75, 3.05) is 26.7 Å². The van der Waals surface area contributed by atoms with E-state index >= 15 is 0 Å². The van der Waals surface area contributed by atoms with Gasteiger partial charge in [0.2, 0.25) is 5.91 Å². The highest BCUT2D eigenvalue weighted by molar-refractivity contribution is 7.08. The minimum absolute atomic E-state index is 0.0255. The number of amides is 1. The number of hydrogen-bond donors (Lipinski definition) is 1. The average Bonchev–Trinajstić information content (AvgIpc) is 2.96. The van der Waals surface area contributed by atoms with E-state index in [9.17, 15) is 4.79 Å². The van der Waals surface area contributed by atoms with Gasteiger partial charge >= 0.3 is 0 Å². The number of hydrogen-bond acceptors (Lipinski definition) is 5. The number of likely N-dealkylation sites (tertiary alicyclic amines) is 1. The maximum Gasteiger partial charge on any atom is 0.236 e. The summed E-state index contributed by atoms with van der Waals surface area (Å²) in [7, 11) is 1.52. The van der Waals surface area contributed by atoms with Crippen molar-refractivity contribution in [2.24, 2.45) is 21.8 Å². The predicted molar refractivity (Wildman–Crippen MR) is 89.3 cm³/mol. The van der Waals surface area contributed by atoms with Gasteiger partial charge in [-0.05, 0) is 36.6 Å². The molecule has 0 saturated carbocycles. The molecule has 0 aromatic carbocycles. The van der Waals surface area contributed by atoms with Crippen molar-refractivity contribution in [1.29, 1.82) is 0 Å². The van der Waals surface area contributed by atoms with Gasteiger partial charge in [0.1, 0.15) is 7.11 Å². The summed E-state index contributed by atoms with van der Waals surface area (Å²) in [4.78, 5) is 22.9. The van der Waals surface area contributed by atoms with Crippen LogP contribution in [0.25, 0.3) is 0 Å². The minimum atomic E-state index is 0.0255. The molecule has 0 bridgehead atoms. The molecule has 0 aliphatic carbocycles. The topological polar surface area (TPSA) is 80.3 Å². The van der Waals surface area contributed by atoms with Crippen molar-refractivity contribution in [2.45, 2.75) is 19.3 Å². The second-order valence-corrected chi connectivity index (χ2v) is 5.94. The lowest BCUT2D eigenvalue weighted by molar-refractivity contribution is -0.129. The largest absolute Gasteiger partial charge is 0.397 e. The number of aliphatic imine (C=N–C) groups is 1. The summed E-state index contributed by atoms with van der Waals surface area (Å²) in [6, 6.07) is 1.97. The summed E-state index contributed by atoms with van der Waals surface area (Å²) >= 11 is 1.60. The molecule has 1 aliphatic heterocycles. The van der Waals surface area contributed by atoms with Crippen LogP contribution >= 0.6 is 11.3 Å². The van der Waals surface area contributed by atoms with E-state index < -0.39 is 0 Å². The fourth-order valence-electron chi connectivity index (χ4n) is 2.45. The molecule has 1 saturated heterocycles. The Kier molecular flexibility index (Phi) is 6.54. The second-order valence-electron chi connectivity index (χ2n) is 5.16. The van der Waals surface area contributed by atoms with E-state index in [1.807, 2.05) is 27.9 Å². The summed E-state index contributed by atoms with van der Waals surface area (Å²) in [5.74, 6) is 0.955. The van der Waals surface area contributed by atoms with Gasteiger partial charge in [-0.25, -0.2) is 4.99 Å². The third-order valence-electron chi connectivity index (χ3n) is 3.66. The van der Waals surface area contributed by atoms with Crippen molar-refractivity contribution in [3.63, 3.8) is 0 Å². The maximum absolute atomic E-state index is 11.7. The van der Waals surface area contributed by atoms with Gasteiger partial charge in [-0.1, -0.05) is 5.16 Å². The fraction of sp³-hybridized carbons (Fsp3) is 0.533. The molecule has 1 amide bonds. The molecular formula is C15H22N4O2S. The number of carbonyl (C=O) groups is 1. The molecule has 1 aliphatic rings. The van der Waals surface area contributed by atoms with Crippen LogP contribution in [0.2, 0.25) is 0 Å². The molecule has 1 aromatic rings. The van der Waals surface area contributed by atoms with Crippen LogP contribution in [-0.2, 0) is 9.63 Å². The standard InChI is InChI=1S/C15H22N4O2S/c1-21-18-15(13-5-8-22-11-13)17-10-12-3-2-6-19(7-4-12)14(20)9-16/h5,8,10-12H,2-4,6-7,9,16H2,1H3/b17-10?,18-15-. The van der Waals surface area contributed by atoms with Gasteiger partial charge in [-0.2, -0.15) is 11.3 Å². The third kappa shape index (κ3) is 4.64. The van der Waals surface area contributed by atoms with E-state index in [1.54, 1.807) is 11.3 Å². The second kappa shape index (κ2) is 8.65. The molecule has 6 nitrogen and oxygen atoms in total. The van der Waals surface area contributed by atoms with Crippen molar-refractivity contribution in [3.8, 4) is 0 Å². The number of carbonyl (C=O) groups excluding carboxylic acids is 1. The van der Waals surface area contributed by atoms with E-state index in [1.165, 1.54) is 7.11 Å². The van der Waals surface area contributed by atoms with Gasteiger partial charge in [0, 0.05) is 30.2 Å². The van der Waals surface area contributed by atoms with Crippen LogP contribution in [0.1, 0.15) is 24.8 Å². The Morgan fingerprint density at radius 1 is 1.55 bits per heavy atom. The van der Waals surface area contributed by atoms with Gasteiger partial charge in [-0.15, -0.1) is 0 Å². The predicted octanol–water partition coefficient (Wildman–Crippen LogP) is 1.71. The summed E-state index contributed by atoms with van der Waals surface area (Å²) < 4.78 is 0. The zero-order valence-corrected chi connectivity index (χ0v) is 13.6. The number of amidine groups is 1. The van der Waals surface area contributed by atoms with Crippen LogP contribution < -0.4 is 5.73 Å². The summed E-state index contributed by atoms with van der Waals surface area (Å²) in [5, 5.41) is 7.95. The molecule has 7 heteroatoms. The van der Waals surface area contributed by atoms with Crippen molar-refractivity contribution in [3.05, 3.63) is 22.4 Å². The normalized spacial score (nSPS) is 20.2. The zero-order valence-electron chi connectivity index (χ0n) is 12.8. The summed E-state index contributed by atoms with van der Waals surface area (Å²) in [6.45, 7) is 1.60. The van der Waals surface area contributed by atoms with E-state index in [0.29, 0.717) is 11.8 Å². The molecule has 2 heterocycles. The maximum atomic E-state index is 11.7. The quantitative estimate of drug-likeness (QED) is 0.520. The number of nitrogens with zero attached hydrogens (tertiary/aromatic N) is 3. The molecular weight excluding hydrogens is 300 g/mol. The average molecular weight is 322 g/mol. The molecule has 120 valence electrons. The third-order valence-corrected chi connectivity index (χ3v) is 4.35. The Morgan fingerprint density at radius 3 is 3.09 bits per heavy atom. The lowest BCUT2D eigenvalue weighted by atomic mass is 10.0. The first kappa shape index (κ1) is 16.6. The lowest BCUT2D eigenvalue weighted by Gasteiger charge is -2.19. The van der Waals surface area contributed by atoms with Crippen LogP contribution in [0.4, 0.5) is 0 Å². The SMILES string of the molecule is CO/N=C(\N=CC1CCCN(C(=O)CN)CC1)c1ccsc1. The van der Waals surface area contributed by atoms with Gasteiger partial charge in [0.25, 0.3) is 0 Å². The lowest BCUT2D eigenvalue weighted by Crippen LogP contribution is -2.36. The Hall–Kier alpha value is -1.73. The molecule has 1 atom stereocenters. The van der Waals surface area contributed by atoms with E-state index in [0.717, 1.165) is 37.9 Å². The van der Waals surface area contributed by atoms with E-state index in [2.05, 4.69) is 10.1 Å². The number of thiophene rings is 1. The fourth-order valence-corrected chi connectivity index (χ4v) is 3.09. The highest BCUT2D eigenvalue weighted by Gasteiger charge is 2.18. The number of rotatable bonds is 4. The Balaban J connectivity index is 1.97. The van der Waals surface area contributed by atoms with Gasteiger partial charge in [-0.3, -0.25) is 4.79 Å². The number of nitrogens with two attached hydrogens (primary N) is 1. The molecule has 0 radical (unpaired) electrons. The van der Waals surface area contributed by atoms with Crippen molar-refractivity contribution >= 4 is 29.3 Å². The van der Waals surface area contributed by atoms with E-state index in [-0.39, 0.29) is 12.5 Å².